The molecule has 0 bridgehead atoms. The van der Waals surface area contributed by atoms with Crippen molar-refractivity contribution in [3.63, 3.8) is 0 Å². The lowest BCUT2D eigenvalue weighted by Gasteiger charge is -2.34. The number of hydrogen-bond donors (Lipinski definition) is 1. The van der Waals surface area contributed by atoms with E-state index in [1.807, 2.05) is 0 Å². The van der Waals surface area contributed by atoms with Crippen molar-refractivity contribution in [3.8, 4) is 5.75 Å². The molecule has 1 aromatic carbocycles. The molecule has 2 nitrogen and oxygen atoms in total. The third-order valence-electron chi connectivity index (χ3n) is 4.10. The molecule has 1 atom stereocenters. The van der Waals surface area contributed by atoms with E-state index >= 15 is 0 Å². The van der Waals surface area contributed by atoms with Gasteiger partial charge in [0.15, 0.2) is 0 Å². The maximum absolute atomic E-state index is 6.18. The highest BCUT2D eigenvalue weighted by molar-refractivity contribution is 5.74. The van der Waals surface area contributed by atoms with Crippen molar-refractivity contribution in [1.82, 2.24) is 0 Å². The van der Waals surface area contributed by atoms with Gasteiger partial charge in [0, 0.05) is 11.6 Å². The standard InChI is InChI=1S/C17H25NO/c1-11-6-7-15(16(19-5)12(11)2)13-8-14(18)10-17(3,4)9-13/h6-8,14H,9-10,18H2,1-5H3. The highest BCUT2D eigenvalue weighted by Crippen LogP contribution is 2.42. The van der Waals surface area contributed by atoms with Crippen LogP contribution in [0, 0.1) is 19.3 Å². The zero-order valence-corrected chi connectivity index (χ0v) is 12.7. The SMILES string of the molecule is COc1c(C2=CC(N)CC(C)(C)C2)ccc(C)c1C. The molecule has 0 aromatic heterocycles. The fourth-order valence-electron chi connectivity index (χ4n) is 3.09. The molecule has 0 aliphatic heterocycles. The lowest BCUT2D eigenvalue weighted by molar-refractivity contribution is 0.318. The first kappa shape index (κ1) is 14.1. The summed E-state index contributed by atoms with van der Waals surface area (Å²) in [6.45, 7) is 8.81. The monoisotopic (exact) mass is 259 g/mol. The summed E-state index contributed by atoms with van der Waals surface area (Å²) in [5.41, 5.74) is 11.4. The van der Waals surface area contributed by atoms with Gasteiger partial charge in [0.1, 0.15) is 5.75 Å². The fourth-order valence-corrected chi connectivity index (χ4v) is 3.09. The summed E-state index contributed by atoms with van der Waals surface area (Å²) in [6, 6.07) is 4.48. The summed E-state index contributed by atoms with van der Waals surface area (Å²) >= 11 is 0. The predicted molar refractivity (Wildman–Crippen MR) is 81.4 cm³/mol. The van der Waals surface area contributed by atoms with Crippen LogP contribution in [0.4, 0.5) is 0 Å². The Balaban J connectivity index is 2.50. The molecule has 19 heavy (non-hydrogen) atoms. The van der Waals surface area contributed by atoms with Gasteiger partial charge >= 0.3 is 0 Å². The van der Waals surface area contributed by atoms with E-state index in [9.17, 15) is 0 Å². The molecule has 1 aromatic rings. The highest BCUT2D eigenvalue weighted by Gasteiger charge is 2.28. The van der Waals surface area contributed by atoms with Crippen LogP contribution in [0.3, 0.4) is 0 Å². The van der Waals surface area contributed by atoms with Crippen LogP contribution >= 0.6 is 0 Å². The van der Waals surface area contributed by atoms with Gasteiger partial charge in [0.25, 0.3) is 0 Å². The normalized spacial score (nSPS) is 22.0. The summed E-state index contributed by atoms with van der Waals surface area (Å²) in [5.74, 6) is 0.996. The Morgan fingerprint density at radius 3 is 2.53 bits per heavy atom. The first-order valence-electron chi connectivity index (χ1n) is 6.95. The molecule has 2 N–H and O–H groups in total. The van der Waals surface area contributed by atoms with Gasteiger partial charge < -0.3 is 10.5 Å². The van der Waals surface area contributed by atoms with Crippen molar-refractivity contribution in [1.29, 1.82) is 0 Å². The van der Waals surface area contributed by atoms with E-state index in [0.717, 1.165) is 18.6 Å². The largest absolute Gasteiger partial charge is 0.496 e. The Kier molecular flexibility index (Phi) is 3.73. The Morgan fingerprint density at radius 2 is 1.95 bits per heavy atom. The van der Waals surface area contributed by atoms with Crippen LogP contribution < -0.4 is 10.5 Å². The lowest BCUT2D eigenvalue weighted by Crippen LogP contribution is -2.30. The van der Waals surface area contributed by atoms with Gasteiger partial charge in [0.2, 0.25) is 0 Å². The molecule has 1 aliphatic rings. The smallest absolute Gasteiger partial charge is 0.129 e. The van der Waals surface area contributed by atoms with Crippen molar-refractivity contribution in [3.05, 3.63) is 34.9 Å². The van der Waals surface area contributed by atoms with E-state index in [4.69, 9.17) is 10.5 Å². The molecule has 0 heterocycles. The van der Waals surface area contributed by atoms with Gasteiger partial charge in [-0.05, 0) is 48.8 Å². The van der Waals surface area contributed by atoms with Gasteiger partial charge in [-0.25, -0.2) is 0 Å². The molecule has 2 heteroatoms. The molecule has 104 valence electrons. The molecule has 0 fully saturated rings. The minimum Gasteiger partial charge on any atom is -0.496 e. The number of allylic oxidation sites excluding steroid dienone is 1. The third-order valence-corrected chi connectivity index (χ3v) is 4.10. The van der Waals surface area contributed by atoms with Gasteiger partial charge in [-0.3, -0.25) is 0 Å². The van der Waals surface area contributed by atoms with Gasteiger partial charge in [-0.15, -0.1) is 0 Å². The van der Waals surface area contributed by atoms with Crippen LogP contribution in [0.5, 0.6) is 5.75 Å². The van der Waals surface area contributed by atoms with Crippen LogP contribution in [-0.2, 0) is 0 Å². The number of methoxy groups -OCH3 is 1. The van der Waals surface area contributed by atoms with Crippen molar-refractivity contribution in [2.24, 2.45) is 11.1 Å². The van der Waals surface area contributed by atoms with Crippen LogP contribution in [0.2, 0.25) is 0 Å². The molecular formula is C17H25NO. The number of aryl methyl sites for hydroxylation is 1. The van der Waals surface area contributed by atoms with Crippen LogP contribution in [-0.4, -0.2) is 13.2 Å². The lowest BCUT2D eigenvalue weighted by atomic mass is 9.73. The van der Waals surface area contributed by atoms with Crippen molar-refractivity contribution in [2.75, 3.05) is 7.11 Å². The van der Waals surface area contributed by atoms with E-state index in [1.165, 1.54) is 22.3 Å². The Hall–Kier alpha value is -1.28. The maximum Gasteiger partial charge on any atom is 0.129 e. The summed E-state index contributed by atoms with van der Waals surface area (Å²) in [5, 5.41) is 0. The number of rotatable bonds is 2. The molecule has 0 saturated heterocycles. The van der Waals surface area contributed by atoms with E-state index in [0.29, 0.717) is 0 Å². The average Bonchev–Trinajstić information content (AvgIpc) is 2.29. The van der Waals surface area contributed by atoms with E-state index < -0.39 is 0 Å². The van der Waals surface area contributed by atoms with Crippen LogP contribution in [0.25, 0.3) is 5.57 Å². The zero-order chi connectivity index (χ0) is 14.2. The summed E-state index contributed by atoms with van der Waals surface area (Å²) in [4.78, 5) is 0. The average molecular weight is 259 g/mol. The second kappa shape index (κ2) is 5.01. The van der Waals surface area contributed by atoms with Gasteiger partial charge in [0.05, 0.1) is 7.11 Å². The Morgan fingerprint density at radius 1 is 1.26 bits per heavy atom. The highest BCUT2D eigenvalue weighted by atomic mass is 16.5. The number of hydrogen-bond acceptors (Lipinski definition) is 2. The number of benzene rings is 1. The van der Waals surface area contributed by atoms with Crippen molar-refractivity contribution in [2.45, 2.75) is 46.6 Å². The maximum atomic E-state index is 6.18. The molecule has 1 aliphatic carbocycles. The number of nitrogens with two attached hydrogens (primary N) is 1. The predicted octanol–water partition coefficient (Wildman–Crippen LogP) is 3.84. The van der Waals surface area contributed by atoms with E-state index in [1.54, 1.807) is 7.11 Å². The first-order valence-corrected chi connectivity index (χ1v) is 6.95. The Labute approximate surface area is 116 Å². The molecular weight excluding hydrogens is 234 g/mol. The summed E-state index contributed by atoms with van der Waals surface area (Å²) in [6.07, 6.45) is 4.31. The molecule has 0 spiro atoms. The van der Waals surface area contributed by atoms with Crippen molar-refractivity contribution < 1.29 is 4.74 Å². The first-order chi connectivity index (χ1) is 8.84. The molecule has 2 rings (SSSR count). The minimum atomic E-state index is 0.144. The van der Waals surface area contributed by atoms with Crippen molar-refractivity contribution >= 4 is 5.57 Å². The second-order valence-corrected chi connectivity index (χ2v) is 6.49. The third kappa shape index (κ3) is 2.84. The second-order valence-electron chi connectivity index (χ2n) is 6.49. The fraction of sp³-hybridized carbons (Fsp3) is 0.529. The zero-order valence-electron chi connectivity index (χ0n) is 12.7. The quantitative estimate of drug-likeness (QED) is 0.875. The van der Waals surface area contributed by atoms with Gasteiger partial charge in [-0.1, -0.05) is 32.1 Å². The molecule has 0 amide bonds. The topological polar surface area (TPSA) is 35.2 Å². The van der Waals surface area contributed by atoms with E-state index in [-0.39, 0.29) is 11.5 Å². The van der Waals surface area contributed by atoms with E-state index in [2.05, 4.69) is 45.9 Å². The molecule has 1 unspecified atom stereocenters. The summed E-state index contributed by atoms with van der Waals surface area (Å²) < 4.78 is 5.63. The summed E-state index contributed by atoms with van der Waals surface area (Å²) in [7, 11) is 1.75. The van der Waals surface area contributed by atoms with Crippen LogP contribution in [0.1, 0.15) is 43.4 Å². The number of ether oxygens (including phenoxy) is 1. The van der Waals surface area contributed by atoms with Crippen LogP contribution in [0.15, 0.2) is 18.2 Å². The van der Waals surface area contributed by atoms with Gasteiger partial charge in [-0.2, -0.15) is 0 Å². The molecule has 0 saturated carbocycles. The Bertz CT molecular complexity index is 514. The molecule has 0 radical (unpaired) electrons. The minimum absolute atomic E-state index is 0.144.